The molecule has 2 aromatic rings. The zero-order valence-corrected chi connectivity index (χ0v) is 22.3. The summed E-state index contributed by atoms with van der Waals surface area (Å²) in [5, 5.41) is 15.4. The van der Waals surface area contributed by atoms with Crippen molar-refractivity contribution in [3.05, 3.63) is 63.2 Å². The molecule has 7 nitrogen and oxygen atoms in total. The van der Waals surface area contributed by atoms with Crippen LogP contribution in [-0.2, 0) is 21.4 Å². The molecule has 2 aromatic carbocycles. The quantitative estimate of drug-likeness (QED) is 0.276. The van der Waals surface area contributed by atoms with Crippen LogP contribution in [0.2, 0.25) is 0 Å². The number of imide groups is 1. The van der Waals surface area contributed by atoms with Gasteiger partial charge < -0.3 is 5.32 Å². The normalized spacial score (nSPS) is 27.3. The molecule has 2 amide bonds. The fourth-order valence-electron chi connectivity index (χ4n) is 7.34. The molecule has 1 saturated carbocycles. The van der Waals surface area contributed by atoms with Crippen LogP contribution in [0.1, 0.15) is 88.8 Å². The van der Waals surface area contributed by atoms with E-state index in [1.807, 2.05) is 0 Å². The predicted molar refractivity (Wildman–Crippen MR) is 145 cm³/mol. The van der Waals surface area contributed by atoms with Crippen LogP contribution in [0, 0.1) is 21.4 Å². The minimum atomic E-state index is -0.437. The summed E-state index contributed by atoms with van der Waals surface area (Å²) in [5.41, 5.74) is 5.02. The highest BCUT2D eigenvalue weighted by Crippen LogP contribution is 2.57. The first-order valence-corrected chi connectivity index (χ1v) is 13.5. The van der Waals surface area contributed by atoms with E-state index in [1.165, 1.54) is 22.8 Å². The molecule has 5 rings (SSSR count). The van der Waals surface area contributed by atoms with Gasteiger partial charge in [-0.1, -0.05) is 52.3 Å². The standard InChI is InChI=1S/C30H37N3O4/c1-19(2)20-6-9-23-21(16-20)7-11-26-29(3,14-5-15-30(23,26)4)18-31-24-10-8-22(17-25(24)33(36)37)32-27(34)12-13-28(32)35/h6,8-10,16-17,19,26,31H,5,7,11-15,18H2,1-4H3. The van der Waals surface area contributed by atoms with Crippen molar-refractivity contribution < 1.29 is 14.5 Å². The number of carbonyl (C=O) groups is 2. The molecule has 196 valence electrons. The van der Waals surface area contributed by atoms with E-state index in [-0.39, 0.29) is 46.9 Å². The summed E-state index contributed by atoms with van der Waals surface area (Å²) in [4.78, 5) is 36.9. The van der Waals surface area contributed by atoms with E-state index in [1.54, 1.807) is 12.1 Å². The van der Waals surface area contributed by atoms with Crippen molar-refractivity contribution >= 4 is 28.9 Å². The average Bonchev–Trinajstić information content (AvgIpc) is 3.20. The van der Waals surface area contributed by atoms with Crippen LogP contribution in [0.3, 0.4) is 0 Å². The van der Waals surface area contributed by atoms with Gasteiger partial charge in [-0.2, -0.15) is 0 Å². The number of hydrogen-bond donors (Lipinski definition) is 1. The Morgan fingerprint density at radius 3 is 2.46 bits per heavy atom. The number of benzene rings is 2. The number of carbonyl (C=O) groups excluding carboxylic acids is 2. The Kier molecular flexibility index (Phi) is 6.37. The third-order valence-electron chi connectivity index (χ3n) is 9.34. The molecule has 1 heterocycles. The molecule has 1 saturated heterocycles. The maximum atomic E-state index is 12.1. The molecule has 3 unspecified atom stereocenters. The number of amides is 2. The lowest BCUT2D eigenvalue weighted by molar-refractivity contribution is -0.383. The Labute approximate surface area is 218 Å². The number of rotatable bonds is 6. The molecular weight excluding hydrogens is 466 g/mol. The lowest BCUT2D eigenvalue weighted by Crippen LogP contribution is -2.51. The molecule has 3 aliphatic rings. The number of aryl methyl sites for hydroxylation is 1. The van der Waals surface area contributed by atoms with Crippen LogP contribution in [0.5, 0.6) is 0 Å². The van der Waals surface area contributed by atoms with Crippen molar-refractivity contribution in [3.8, 4) is 0 Å². The number of hydrogen-bond acceptors (Lipinski definition) is 5. The second kappa shape index (κ2) is 9.26. The van der Waals surface area contributed by atoms with Crippen LogP contribution >= 0.6 is 0 Å². The molecule has 0 radical (unpaired) electrons. The molecule has 0 spiro atoms. The Bertz CT molecular complexity index is 1260. The smallest absolute Gasteiger partial charge is 0.294 e. The third kappa shape index (κ3) is 4.32. The zero-order valence-electron chi connectivity index (χ0n) is 22.3. The number of anilines is 2. The van der Waals surface area contributed by atoms with E-state index in [9.17, 15) is 19.7 Å². The lowest BCUT2D eigenvalue weighted by Gasteiger charge is -2.55. The lowest BCUT2D eigenvalue weighted by atomic mass is 9.49. The van der Waals surface area contributed by atoms with Gasteiger partial charge in [0.2, 0.25) is 11.8 Å². The SMILES string of the molecule is CC(C)c1ccc2c(c1)CCC1C(C)(CNc3ccc(N4C(=O)CCC4=O)cc3[N+](=O)[O-])CCCC21C. The van der Waals surface area contributed by atoms with Crippen LogP contribution in [0.4, 0.5) is 17.1 Å². The molecule has 7 heteroatoms. The molecule has 0 aromatic heterocycles. The second-order valence-electron chi connectivity index (χ2n) is 12.0. The summed E-state index contributed by atoms with van der Waals surface area (Å²) in [6.07, 6.45) is 5.83. The van der Waals surface area contributed by atoms with Crippen LogP contribution < -0.4 is 10.2 Å². The largest absolute Gasteiger partial charge is 0.379 e. The minimum absolute atomic E-state index is 0.0190. The monoisotopic (exact) mass is 503 g/mol. The Hall–Kier alpha value is -3.22. The van der Waals surface area contributed by atoms with Crippen LogP contribution in [-0.4, -0.2) is 23.3 Å². The van der Waals surface area contributed by atoms with Gasteiger partial charge in [0.1, 0.15) is 5.69 Å². The first kappa shape index (κ1) is 25.4. The molecule has 2 aliphatic carbocycles. The van der Waals surface area contributed by atoms with E-state index in [4.69, 9.17) is 0 Å². The summed E-state index contributed by atoms with van der Waals surface area (Å²) >= 11 is 0. The van der Waals surface area contributed by atoms with E-state index < -0.39 is 4.92 Å². The number of nitro benzene ring substituents is 1. The Morgan fingerprint density at radius 1 is 1.05 bits per heavy atom. The maximum Gasteiger partial charge on any atom is 0.294 e. The molecule has 2 fully saturated rings. The van der Waals surface area contributed by atoms with Gasteiger partial charge in [0.15, 0.2) is 0 Å². The van der Waals surface area contributed by atoms with Gasteiger partial charge in [-0.3, -0.25) is 24.6 Å². The summed E-state index contributed by atoms with van der Waals surface area (Å²) < 4.78 is 0. The Morgan fingerprint density at radius 2 is 1.78 bits per heavy atom. The molecule has 37 heavy (non-hydrogen) atoms. The zero-order chi connectivity index (χ0) is 26.5. The minimum Gasteiger partial charge on any atom is -0.379 e. The highest BCUT2D eigenvalue weighted by Gasteiger charge is 2.51. The predicted octanol–water partition coefficient (Wildman–Crippen LogP) is 6.49. The summed E-state index contributed by atoms with van der Waals surface area (Å²) in [6, 6.07) is 11.7. The van der Waals surface area contributed by atoms with Gasteiger partial charge in [0.05, 0.1) is 10.6 Å². The van der Waals surface area contributed by atoms with Gasteiger partial charge >= 0.3 is 0 Å². The Balaban J connectivity index is 1.40. The van der Waals surface area contributed by atoms with Crippen LogP contribution in [0.25, 0.3) is 0 Å². The van der Waals surface area contributed by atoms with Crippen molar-refractivity contribution in [2.24, 2.45) is 11.3 Å². The molecular formula is C30H37N3O4. The van der Waals surface area contributed by atoms with E-state index >= 15 is 0 Å². The highest BCUT2D eigenvalue weighted by atomic mass is 16.6. The number of nitro groups is 1. The van der Waals surface area contributed by atoms with E-state index in [0.717, 1.165) is 37.0 Å². The van der Waals surface area contributed by atoms with Crippen molar-refractivity contribution in [2.45, 2.75) is 84.0 Å². The van der Waals surface area contributed by atoms with Crippen molar-refractivity contribution in [1.29, 1.82) is 0 Å². The summed E-state index contributed by atoms with van der Waals surface area (Å²) in [5.74, 6) is 0.358. The molecule has 1 N–H and O–H groups in total. The van der Waals surface area contributed by atoms with E-state index in [0.29, 0.717) is 24.1 Å². The fraction of sp³-hybridized carbons (Fsp3) is 0.533. The first-order chi connectivity index (χ1) is 17.5. The summed E-state index contributed by atoms with van der Waals surface area (Å²) in [6.45, 7) is 9.87. The number of nitrogens with one attached hydrogen (secondary N) is 1. The fourth-order valence-corrected chi connectivity index (χ4v) is 7.34. The highest BCUT2D eigenvalue weighted by molar-refractivity contribution is 6.20. The third-order valence-corrected chi connectivity index (χ3v) is 9.34. The maximum absolute atomic E-state index is 12.1. The van der Waals surface area contributed by atoms with Crippen LogP contribution in [0.15, 0.2) is 36.4 Å². The van der Waals surface area contributed by atoms with Gasteiger partial charge in [0.25, 0.3) is 5.69 Å². The topological polar surface area (TPSA) is 92.6 Å². The van der Waals surface area contributed by atoms with Gasteiger partial charge in [-0.05, 0) is 77.2 Å². The van der Waals surface area contributed by atoms with Crippen molar-refractivity contribution in [1.82, 2.24) is 0 Å². The summed E-state index contributed by atoms with van der Waals surface area (Å²) in [7, 11) is 0. The van der Waals surface area contributed by atoms with Crippen molar-refractivity contribution in [3.63, 3.8) is 0 Å². The second-order valence-corrected chi connectivity index (χ2v) is 12.0. The van der Waals surface area contributed by atoms with Gasteiger partial charge in [-0.25, -0.2) is 0 Å². The van der Waals surface area contributed by atoms with Gasteiger partial charge in [-0.15, -0.1) is 0 Å². The number of fused-ring (bicyclic) bond motifs is 3. The van der Waals surface area contributed by atoms with Gasteiger partial charge in [0, 0.05) is 25.5 Å². The molecule has 1 aliphatic heterocycles. The van der Waals surface area contributed by atoms with Crippen molar-refractivity contribution in [2.75, 3.05) is 16.8 Å². The molecule has 0 bridgehead atoms. The number of nitrogens with zero attached hydrogens (tertiary/aromatic N) is 2. The average molecular weight is 504 g/mol. The molecule has 3 atom stereocenters. The van der Waals surface area contributed by atoms with E-state index in [2.05, 4.69) is 51.2 Å². The first-order valence-electron chi connectivity index (χ1n) is 13.5.